The van der Waals surface area contributed by atoms with E-state index >= 15 is 0 Å². The lowest BCUT2D eigenvalue weighted by atomic mass is 10.1. The molecule has 8 heteroatoms. The van der Waals surface area contributed by atoms with Gasteiger partial charge in [0, 0.05) is 12.5 Å². The summed E-state index contributed by atoms with van der Waals surface area (Å²) in [7, 11) is 0. The largest absolute Gasteiger partial charge is 0.460 e. The number of hydrogen-bond acceptors (Lipinski definition) is 7. The van der Waals surface area contributed by atoms with Gasteiger partial charge in [0.2, 0.25) is 23.2 Å². The standard InChI is InChI=1S/C18H16N4O3S/c1-10-8-9-14(24-10)17-22(11(2)23)13-7-5-4-6-12(13)15-16(25-17)19-18(26-3)21-20-15/h4-9,17H,1-3H3/t17-/m0/s1. The number of aryl methyl sites for hydroxylation is 1. The Morgan fingerprint density at radius 3 is 2.69 bits per heavy atom. The third-order valence-electron chi connectivity index (χ3n) is 4.04. The predicted octanol–water partition coefficient (Wildman–Crippen LogP) is 3.61. The molecule has 1 aliphatic heterocycles. The van der Waals surface area contributed by atoms with Crippen LogP contribution in [0.25, 0.3) is 11.3 Å². The van der Waals surface area contributed by atoms with Crippen LogP contribution in [-0.4, -0.2) is 27.3 Å². The van der Waals surface area contributed by atoms with Gasteiger partial charge < -0.3 is 9.15 Å². The van der Waals surface area contributed by atoms with E-state index in [0.717, 1.165) is 11.3 Å². The second-order valence-electron chi connectivity index (χ2n) is 5.78. The average molecular weight is 368 g/mol. The number of carbonyl (C=O) groups is 1. The maximum atomic E-state index is 12.5. The molecule has 7 nitrogen and oxygen atoms in total. The zero-order valence-electron chi connectivity index (χ0n) is 14.5. The van der Waals surface area contributed by atoms with Crippen LogP contribution in [0.3, 0.4) is 0 Å². The molecule has 1 atom stereocenters. The number of ether oxygens (including phenoxy) is 1. The van der Waals surface area contributed by atoms with Gasteiger partial charge in [-0.25, -0.2) is 0 Å². The number of furan rings is 1. The number of hydrogen-bond donors (Lipinski definition) is 0. The summed E-state index contributed by atoms with van der Waals surface area (Å²) in [5.74, 6) is 1.39. The van der Waals surface area contributed by atoms with Crippen molar-refractivity contribution in [3.05, 3.63) is 47.9 Å². The number of nitrogens with zero attached hydrogens (tertiary/aromatic N) is 4. The van der Waals surface area contributed by atoms with Gasteiger partial charge in [-0.2, -0.15) is 4.98 Å². The zero-order valence-corrected chi connectivity index (χ0v) is 15.3. The fourth-order valence-electron chi connectivity index (χ4n) is 2.91. The molecule has 0 N–H and O–H groups in total. The van der Waals surface area contributed by atoms with Gasteiger partial charge in [0.15, 0.2) is 11.5 Å². The highest BCUT2D eigenvalue weighted by atomic mass is 32.2. The molecule has 132 valence electrons. The highest BCUT2D eigenvalue weighted by Crippen LogP contribution is 2.43. The molecule has 0 bridgehead atoms. The second-order valence-corrected chi connectivity index (χ2v) is 6.55. The van der Waals surface area contributed by atoms with Crippen LogP contribution >= 0.6 is 11.8 Å². The highest BCUT2D eigenvalue weighted by Gasteiger charge is 2.36. The maximum absolute atomic E-state index is 12.5. The second kappa shape index (κ2) is 6.45. The molecule has 0 radical (unpaired) electrons. The van der Waals surface area contributed by atoms with E-state index in [4.69, 9.17) is 9.15 Å². The normalized spacial score (nSPS) is 15.7. The number of rotatable bonds is 2. The lowest BCUT2D eigenvalue weighted by Gasteiger charge is -2.28. The Morgan fingerprint density at radius 2 is 2.00 bits per heavy atom. The predicted molar refractivity (Wildman–Crippen MR) is 97.0 cm³/mol. The summed E-state index contributed by atoms with van der Waals surface area (Å²) in [5, 5.41) is 8.90. The van der Waals surface area contributed by atoms with E-state index in [0.29, 0.717) is 28.2 Å². The van der Waals surface area contributed by atoms with Crippen molar-refractivity contribution in [2.75, 3.05) is 11.2 Å². The van der Waals surface area contributed by atoms with Crippen LogP contribution in [0.2, 0.25) is 0 Å². The summed E-state index contributed by atoms with van der Waals surface area (Å²) in [6, 6.07) is 11.1. The minimum atomic E-state index is -0.782. The van der Waals surface area contributed by atoms with Crippen LogP contribution in [0.1, 0.15) is 24.7 Å². The Bertz CT molecular complexity index is 988. The van der Waals surface area contributed by atoms with Crippen molar-refractivity contribution in [1.82, 2.24) is 15.2 Å². The summed E-state index contributed by atoms with van der Waals surface area (Å²) >= 11 is 1.37. The van der Waals surface area contributed by atoms with Crippen LogP contribution in [0, 0.1) is 6.92 Å². The van der Waals surface area contributed by atoms with Gasteiger partial charge in [-0.15, -0.1) is 10.2 Å². The lowest BCUT2D eigenvalue weighted by molar-refractivity contribution is -0.118. The van der Waals surface area contributed by atoms with Gasteiger partial charge in [0.05, 0.1) is 5.69 Å². The van der Waals surface area contributed by atoms with Gasteiger partial charge in [0.1, 0.15) is 5.76 Å². The summed E-state index contributed by atoms with van der Waals surface area (Å²) in [4.78, 5) is 18.5. The van der Waals surface area contributed by atoms with Crippen molar-refractivity contribution < 1.29 is 13.9 Å². The van der Waals surface area contributed by atoms with E-state index < -0.39 is 6.23 Å². The van der Waals surface area contributed by atoms with Gasteiger partial charge in [-0.1, -0.05) is 30.0 Å². The first-order chi connectivity index (χ1) is 12.6. The van der Waals surface area contributed by atoms with Gasteiger partial charge in [-0.3, -0.25) is 9.69 Å². The Morgan fingerprint density at radius 1 is 1.19 bits per heavy atom. The molecule has 0 aliphatic carbocycles. The fourth-order valence-corrected chi connectivity index (χ4v) is 3.21. The van der Waals surface area contributed by atoms with Crippen molar-refractivity contribution >= 4 is 23.4 Å². The number of anilines is 1. The lowest BCUT2D eigenvalue weighted by Crippen LogP contribution is -2.35. The third kappa shape index (κ3) is 2.72. The molecule has 0 unspecified atom stereocenters. The van der Waals surface area contributed by atoms with Crippen molar-refractivity contribution in [1.29, 1.82) is 0 Å². The van der Waals surface area contributed by atoms with Gasteiger partial charge >= 0.3 is 0 Å². The van der Waals surface area contributed by atoms with Crippen molar-refractivity contribution in [3.63, 3.8) is 0 Å². The number of benzene rings is 1. The summed E-state index contributed by atoms with van der Waals surface area (Å²) in [5.41, 5.74) is 1.90. The molecule has 26 heavy (non-hydrogen) atoms. The molecule has 0 saturated heterocycles. The SMILES string of the molecule is CSc1nnc2c(n1)O[C@@H](c1ccc(C)o1)N(C(C)=O)c1ccccc1-2. The molecule has 3 aromatic rings. The topological polar surface area (TPSA) is 81.3 Å². The monoisotopic (exact) mass is 368 g/mol. The molecular weight excluding hydrogens is 352 g/mol. The summed E-state index contributed by atoms with van der Waals surface area (Å²) < 4.78 is 11.9. The maximum Gasteiger partial charge on any atom is 0.247 e. The smallest absolute Gasteiger partial charge is 0.247 e. The third-order valence-corrected chi connectivity index (χ3v) is 4.58. The molecule has 3 heterocycles. The van der Waals surface area contributed by atoms with Crippen molar-refractivity contribution in [2.24, 2.45) is 0 Å². The van der Waals surface area contributed by atoms with Crippen molar-refractivity contribution in [3.8, 4) is 17.1 Å². The van der Waals surface area contributed by atoms with E-state index in [9.17, 15) is 4.79 Å². The zero-order chi connectivity index (χ0) is 18.3. The van der Waals surface area contributed by atoms with Crippen LogP contribution in [0.15, 0.2) is 46.0 Å². The van der Waals surface area contributed by atoms with Gasteiger partial charge in [0.25, 0.3) is 0 Å². The van der Waals surface area contributed by atoms with E-state index in [2.05, 4.69) is 15.2 Å². The molecular formula is C18H16N4O3S. The first kappa shape index (κ1) is 16.6. The minimum absolute atomic E-state index is 0.178. The number of aromatic nitrogens is 3. The van der Waals surface area contributed by atoms with Crippen LogP contribution in [0.5, 0.6) is 5.88 Å². The first-order valence-electron chi connectivity index (χ1n) is 7.99. The number of thioether (sulfide) groups is 1. The van der Waals surface area contributed by atoms with Crippen LogP contribution < -0.4 is 9.64 Å². The van der Waals surface area contributed by atoms with Crippen LogP contribution in [-0.2, 0) is 4.79 Å². The summed E-state index contributed by atoms with van der Waals surface area (Å²) in [6.45, 7) is 3.33. The van der Waals surface area contributed by atoms with Crippen LogP contribution in [0.4, 0.5) is 5.69 Å². The molecule has 1 aromatic carbocycles. The average Bonchev–Trinajstić information content (AvgIpc) is 3.01. The quantitative estimate of drug-likeness (QED) is 0.639. The number of para-hydroxylation sites is 1. The fraction of sp³-hybridized carbons (Fsp3) is 0.222. The molecule has 1 amide bonds. The van der Waals surface area contributed by atoms with E-state index in [1.165, 1.54) is 18.7 Å². The van der Waals surface area contributed by atoms with E-state index in [1.54, 1.807) is 11.0 Å². The van der Waals surface area contributed by atoms with Gasteiger partial charge in [-0.05, 0) is 31.4 Å². The summed E-state index contributed by atoms with van der Waals surface area (Å²) in [6.07, 6.45) is 1.08. The number of fused-ring (bicyclic) bond motifs is 3. The molecule has 0 spiro atoms. The van der Waals surface area contributed by atoms with E-state index in [1.807, 2.05) is 43.5 Å². The van der Waals surface area contributed by atoms with E-state index in [-0.39, 0.29) is 5.91 Å². The minimum Gasteiger partial charge on any atom is -0.460 e. The number of amides is 1. The molecule has 0 fully saturated rings. The molecule has 0 saturated carbocycles. The Labute approximate surface area is 154 Å². The first-order valence-corrected chi connectivity index (χ1v) is 9.22. The Balaban J connectivity index is 1.97. The number of carbonyl (C=O) groups excluding carboxylic acids is 1. The Hall–Kier alpha value is -2.87. The Kier molecular flexibility index (Phi) is 4.12. The molecule has 1 aliphatic rings. The highest BCUT2D eigenvalue weighted by molar-refractivity contribution is 7.98. The van der Waals surface area contributed by atoms with Crippen molar-refractivity contribution in [2.45, 2.75) is 25.2 Å². The molecule has 2 aromatic heterocycles. The molecule has 4 rings (SSSR count).